The molecule has 0 spiro atoms. The van der Waals surface area contributed by atoms with Crippen molar-refractivity contribution >= 4 is 10.4 Å². The number of hydrogen-bond acceptors (Lipinski definition) is 6. The summed E-state index contributed by atoms with van der Waals surface area (Å²) in [7, 11) is -4.57. The van der Waals surface area contributed by atoms with Crippen LogP contribution < -0.4 is 6.15 Å². The Labute approximate surface area is 141 Å². The molecule has 0 saturated heterocycles. The van der Waals surface area contributed by atoms with Crippen LogP contribution in [-0.2, 0) is 14.6 Å². The number of aliphatic hydroxyl groups is 2. The van der Waals surface area contributed by atoms with E-state index in [0.29, 0.717) is 6.42 Å². The third kappa shape index (κ3) is 17.9. The highest BCUT2D eigenvalue weighted by molar-refractivity contribution is 7.80. The molecule has 142 valence electrons. The van der Waals surface area contributed by atoms with Crippen LogP contribution in [0.4, 0.5) is 0 Å². The van der Waals surface area contributed by atoms with Gasteiger partial charge in [0.25, 0.3) is 0 Å². The molecule has 0 radical (unpaired) electrons. The molecule has 23 heavy (non-hydrogen) atoms. The maximum absolute atomic E-state index is 10.3. The summed E-state index contributed by atoms with van der Waals surface area (Å²) in [6.45, 7) is 1.58. The molecule has 0 aliphatic carbocycles. The van der Waals surface area contributed by atoms with Crippen LogP contribution in [0, 0.1) is 0 Å². The van der Waals surface area contributed by atoms with Gasteiger partial charge in [0.15, 0.2) is 0 Å². The van der Waals surface area contributed by atoms with Gasteiger partial charge in [-0.15, -0.1) is 0 Å². The second-order valence-electron chi connectivity index (χ2n) is 5.82. The lowest BCUT2D eigenvalue weighted by atomic mass is 10.0. The first-order chi connectivity index (χ1) is 10.4. The monoisotopic (exact) mass is 357 g/mol. The van der Waals surface area contributed by atoms with E-state index in [2.05, 4.69) is 11.1 Å². The summed E-state index contributed by atoms with van der Waals surface area (Å²) in [5, 5.41) is 19.1. The third-order valence-corrected chi connectivity index (χ3v) is 4.12. The van der Waals surface area contributed by atoms with E-state index in [9.17, 15) is 18.6 Å². The van der Waals surface area contributed by atoms with Crippen molar-refractivity contribution in [2.45, 2.75) is 89.8 Å². The van der Waals surface area contributed by atoms with E-state index >= 15 is 0 Å². The minimum absolute atomic E-state index is 0. The van der Waals surface area contributed by atoms with Crippen molar-refractivity contribution in [2.24, 2.45) is 0 Å². The Balaban J connectivity index is 0. The van der Waals surface area contributed by atoms with Gasteiger partial charge in [-0.3, -0.25) is 4.55 Å². The molecule has 2 unspecified atom stereocenters. The molecular formula is C15H35NO6S. The zero-order chi connectivity index (χ0) is 16.8. The van der Waals surface area contributed by atoms with Crippen molar-refractivity contribution in [1.29, 1.82) is 0 Å². The predicted molar refractivity (Wildman–Crippen MR) is 91.0 cm³/mol. The zero-order valence-electron chi connectivity index (χ0n) is 14.3. The normalized spacial score (nSPS) is 14.3. The van der Waals surface area contributed by atoms with Crippen molar-refractivity contribution in [3.05, 3.63) is 0 Å². The summed E-state index contributed by atoms with van der Waals surface area (Å²) in [5.74, 6) is 0. The average molecular weight is 358 g/mol. The Morgan fingerprint density at radius 2 is 1.26 bits per heavy atom. The maximum Gasteiger partial charge on any atom is 0.397 e. The summed E-state index contributed by atoms with van der Waals surface area (Å²) in [6, 6.07) is 0. The number of unbranched alkanes of at least 4 members (excludes halogenated alkanes) is 9. The quantitative estimate of drug-likeness (QED) is 0.261. The minimum atomic E-state index is -4.57. The van der Waals surface area contributed by atoms with Gasteiger partial charge in [-0.25, -0.2) is 4.18 Å². The summed E-state index contributed by atoms with van der Waals surface area (Å²) >= 11 is 0. The summed E-state index contributed by atoms with van der Waals surface area (Å²) in [5.41, 5.74) is 0. The summed E-state index contributed by atoms with van der Waals surface area (Å²) in [6.07, 6.45) is 9.88. The van der Waals surface area contributed by atoms with E-state index in [4.69, 9.17) is 4.55 Å². The largest absolute Gasteiger partial charge is 0.397 e. The lowest BCUT2D eigenvalue weighted by Gasteiger charge is -2.16. The number of rotatable bonds is 15. The fraction of sp³-hybridized carbons (Fsp3) is 1.00. The van der Waals surface area contributed by atoms with E-state index in [-0.39, 0.29) is 6.15 Å². The van der Waals surface area contributed by atoms with Crippen molar-refractivity contribution in [3.63, 3.8) is 0 Å². The van der Waals surface area contributed by atoms with Gasteiger partial charge in [-0.2, -0.15) is 8.42 Å². The summed E-state index contributed by atoms with van der Waals surface area (Å²) < 4.78 is 33.1. The first kappa shape index (κ1) is 25.0. The van der Waals surface area contributed by atoms with Gasteiger partial charge < -0.3 is 16.4 Å². The lowest BCUT2D eigenvalue weighted by molar-refractivity contribution is -0.0133. The molecule has 8 heteroatoms. The van der Waals surface area contributed by atoms with Gasteiger partial charge in [0.05, 0.1) is 12.7 Å². The van der Waals surface area contributed by atoms with Crippen molar-refractivity contribution < 1.29 is 27.4 Å². The molecule has 0 amide bonds. The molecule has 0 aliphatic heterocycles. The molecular weight excluding hydrogens is 322 g/mol. The second-order valence-corrected chi connectivity index (χ2v) is 6.91. The molecule has 0 aromatic heterocycles. The molecule has 2 atom stereocenters. The van der Waals surface area contributed by atoms with Gasteiger partial charge in [-0.05, 0) is 6.42 Å². The highest BCUT2D eigenvalue weighted by Gasteiger charge is 2.18. The summed E-state index contributed by atoms with van der Waals surface area (Å²) in [4.78, 5) is 0. The molecule has 0 aliphatic rings. The first-order valence-corrected chi connectivity index (χ1v) is 9.71. The Bertz CT molecular complexity index is 350. The van der Waals surface area contributed by atoms with Crippen LogP contribution in [0.25, 0.3) is 0 Å². The molecule has 0 fully saturated rings. The van der Waals surface area contributed by atoms with Crippen LogP contribution in [0.2, 0.25) is 0 Å². The Morgan fingerprint density at radius 1 is 0.826 bits per heavy atom. The van der Waals surface area contributed by atoms with Crippen LogP contribution in [0.3, 0.4) is 0 Å². The van der Waals surface area contributed by atoms with Crippen LogP contribution in [0.1, 0.15) is 77.6 Å². The fourth-order valence-electron chi connectivity index (χ4n) is 2.30. The molecule has 0 saturated carbocycles. The van der Waals surface area contributed by atoms with Gasteiger partial charge >= 0.3 is 10.4 Å². The van der Waals surface area contributed by atoms with Gasteiger partial charge in [0.1, 0.15) is 6.10 Å². The second kappa shape index (κ2) is 15.3. The SMILES string of the molecule is CCCCCCCCCCCCC(O)C(O)COS(=O)(=O)O.N. The van der Waals surface area contributed by atoms with Crippen LogP contribution in [-0.4, -0.2) is 42.0 Å². The third-order valence-electron chi connectivity index (χ3n) is 3.69. The van der Waals surface area contributed by atoms with E-state index in [1.165, 1.54) is 44.9 Å². The number of hydrogen-bond donors (Lipinski definition) is 4. The zero-order valence-corrected chi connectivity index (χ0v) is 15.1. The van der Waals surface area contributed by atoms with Crippen molar-refractivity contribution in [2.75, 3.05) is 6.61 Å². The van der Waals surface area contributed by atoms with Gasteiger partial charge in [0, 0.05) is 0 Å². The molecule has 0 aromatic carbocycles. The molecule has 0 rings (SSSR count). The molecule has 0 heterocycles. The van der Waals surface area contributed by atoms with E-state index in [0.717, 1.165) is 19.3 Å². The van der Waals surface area contributed by atoms with Gasteiger partial charge in [-0.1, -0.05) is 71.1 Å². The smallest absolute Gasteiger partial charge is 0.390 e. The lowest BCUT2D eigenvalue weighted by Crippen LogP contribution is -2.31. The molecule has 0 aromatic rings. The average Bonchev–Trinajstić information content (AvgIpc) is 2.45. The topological polar surface area (TPSA) is 139 Å². The molecule has 0 bridgehead atoms. The van der Waals surface area contributed by atoms with E-state index < -0.39 is 29.2 Å². The van der Waals surface area contributed by atoms with Crippen molar-refractivity contribution in [1.82, 2.24) is 6.15 Å². The first-order valence-electron chi connectivity index (χ1n) is 8.34. The minimum Gasteiger partial charge on any atom is -0.390 e. The maximum atomic E-state index is 10.3. The van der Waals surface area contributed by atoms with Crippen molar-refractivity contribution in [3.8, 4) is 0 Å². The van der Waals surface area contributed by atoms with Crippen LogP contribution in [0.5, 0.6) is 0 Å². The Morgan fingerprint density at radius 3 is 1.70 bits per heavy atom. The number of aliphatic hydroxyl groups excluding tert-OH is 2. The van der Waals surface area contributed by atoms with Crippen LogP contribution in [0.15, 0.2) is 0 Å². The highest BCUT2D eigenvalue weighted by atomic mass is 32.3. The van der Waals surface area contributed by atoms with E-state index in [1.54, 1.807) is 0 Å². The van der Waals surface area contributed by atoms with Gasteiger partial charge in [0.2, 0.25) is 0 Å². The molecule has 7 nitrogen and oxygen atoms in total. The Kier molecular flexibility index (Phi) is 16.6. The Hall–Kier alpha value is -0.250. The van der Waals surface area contributed by atoms with Crippen LogP contribution >= 0.6 is 0 Å². The standard InChI is InChI=1S/C15H32O6S.H3N/c1-2-3-4-5-6-7-8-9-10-11-12-14(16)15(17)13-21-22(18,19)20;/h14-17H,2-13H2,1H3,(H,18,19,20);1H3. The fourth-order valence-corrected chi connectivity index (χ4v) is 2.61. The van der Waals surface area contributed by atoms with E-state index in [1.807, 2.05) is 0 Å². The molecule has 6 N–H and O–H groups in total. The highest BCUT2D eigenvalue weighted by Crippen LogP contribution is 2.13. The predicted octanol–water partition coefficient (Wildman–Crippen LogP) is 3.00.